The van der Waals surface area contributed by atoms with E-state index in [-0.39, 0.29) is 5.91 Å². The van der Waals surface area contributed by atoms with Crippen molar-refractivity contribution in [3.05, 3.63) is 0 Å². The van der Waals surface area contributed by atoms with E-state index in [9.17, 15) is 4.79 Å². The van der Waals surface area contributed by atoms with Gasteiger partial charge < -0.3 is 13.8 Å². The first-order chi connectivity index (χ1) is 7.18. The Balaban J connectivity index is 3.08. The van der Waals surface area contributed by atoms with Gasteiger partial charge in [0.05, 0.1) is 13.2 Å². The van der Waals surface area contributed by atoms with Gasteiger partial charge in [0.2, 0.25) is 5.91 Å². The number of ether oxygens (including phenoxy) is 1. The molecule has 0 aliphatic heterocycles. The van der Waals surface area contributed by atoms with Crippen LogP contribution in [-0.4, -0.2) is 50.0 Å². The number of carbonyl (C=O) groups excluding carboxylic acids is 1. The molecule has 0 rings (SSSR count). The van der Waals surface area contributed by atoms with Gasteiger partial charge in [0.1, 0.15) is 0 Å². The van der Waals surface area contributed by atoms with Crippen LogP contribution in [0.3, 0.4) is 0 Å². The molecule has 0 aromatic rings. The molecule has 0 aliphatic carbocycles. The van der Waals surface area contributed by atoms with Crippen molar-refractivity contribution in [1.29, 1.82) is 0 Å². The molecule has 0 N–H and O–H groups in total. The van der Waals surface area contributed by atoms with Crippen LogP contribution in [0.1, 0.15) is 20.3 Å². The molecule has 0 saturated carbocycles. The second-order valence-corrected chi connectivity index (χ2v) is 4.01. The third-order valence-electron chi connectivity index (χ3n) is 1.83. The third kappa shape index (κ3) is 10.0. The average Bonchev–Trinajstić information content (AvgIpc) is 2.21. The summed E-state index contributed by atoms with van der Waals surface area (Å²) in [6.45, 7) is 6.27. The number of carbonyl (C=O) groups is 1. The lowest BCUT2D eigenvalue weighted by molar-refractivity contribution is -0.128. The van der Waals surface area contributed by atoms with Crippen molar-refractivity contribution in [2.75, 3.05) is 39.2 Å². The van der Waals surface area contributed by atoms with Crippen LogP contribution in [0, 0.1) is 0 Å². The van der Waals surface area contributed by atoms with Gasteiger partial charge in [-0.2, -0.15) is 0 Å². The summed E-state index contributed by atoms with van der Waals surface area (Å²) >= 11 is 1.48. The normalized spacial score (nSPS) is 10.3. The maximum absolute atomic E-state index is 10.8. The van der Waals surface area contributed by atoms with Gasteiger partial charge in [-0.25, -0.2) is 0 Å². The Kier molecular flexibility index (Phi) is 10.1. The van der Waals surface area contributed by atoms with E-state index in [4.69, 9.17) is 8.92 Å². The summed E-state index contributed by atoms with van der Waals surface area (Å²) in [6.07, 6.45) is 0.981. The van der Waals surface area contributed by atoms with Crippen LogP contribution in [0.2, 0.25) is 0 Å². The lowest BCUT2D eigenvalue weighted by Crippen LogP contribution is -2.27. The molecule has 1 amide bonds. The van der Waals surface area contributed by atoms with Crippen molar-refractivity contribution in [3.8, 4) is 0 Å². The number of hydrogen-bond donors (Lipinski definition) is 0. The highest BCUT2D eigenvalue weighted by Gasteiger charge is 2.00. The molecule has 0 bridgehead atoms. The van der Waals surface area contributed by atoms with Crippen LogP contribution in [-0.2, 0) is 13.7 Å². The van der Waals surface area contributed by atoms with E-state index in [1.807, 2.05) is 6.92 Å². The smallest absolute Gasteiger partial charge is 0.219 e. The Bertz CT molecular complexity index is 167. The Morgan fingerprint density at radius 2 is 2.13 bits per heavy atom. The van der Waals surface area contributed by atoms with Crippen molar-refractivity contribution in [3.63, 3.8) is 0 Å². The van der Waals surface area contributed by atoms with E-state index < -0.39 is 0 Å². The maximum atomic E-state index is 10.8. The largest absolute Gasteiger partial charge is 0.380 e. The molecule has 0 aliphatic rings. The van der Waals surface area contributed by atoms with E-state index in [2.05, 4.69) is 0 Å². The van der Waals surface area contributed by atoms with E-state index in [1.165, 1.54) is 12.0 Å². The van der Waals surface area contributed by atoms with Crippen LogP contribution < -0.4 is 0 Å². The molecular formula is C10H21NO3S. The van der Waals surface area contributed by atoms with Gasteiger partial charge in [0, 0.05) is 32.9 Å². The molecule has 0 saturated heterocycles. The summed E-state index contributed by atoms with van der Waals surface area (Å²) in [7, 11) is 1.77. The molecule has 0 aromatic heterocycles. The summed E-state index contributed by atoms with van der Waals surface area (Å²) in [6, 6.07) is 0. The predicted molar refractivity (Wildman–Crippen MR) is 62.8 cm³/mol. The second-order valence-electron chi connectivity index (χ2n) is 3.14. The Hall–Kier alpha value is -0.260. The predicted octanol–water partition coefficient (Wildman–Crippen LogP) is 1.56. The molecule has 0 unspecified atom stereocenters. The van der Waals surface area contributed by atoms with Gasteiger partial charge in [-0.3, -0.25) is 4.79 Å². The van der Waals surface area contributed by atoms with Crippen LogP contribution in [0.4, 0.5) is 0 Å². The zero-order valence-electron chi connectivity index (χ0n) is 9.82. The molecule has 0 fully saturated rings. The van der Waals surface area contributed by atoms with E-state index in [0.29, 0.717) is 13.2 Å². The number of amides is 1. The van der Waals surface area contributed by atoms with Gasteiger partial charge >= 0.3 is 0 Å². The van der Waals surface area contributed by atoms with Gasteiger partial charge in [-0.15, -0.1) is 0 Å². The first-order valence-corrected chi connectivity index (χ1v) is 6.13. The highest BCUT2D eigenvalue weighted by molar-refractivity contribution is 7.94. The third-order valence-corrected chi connectivity index (χ3v) is 2.68. The fourth-order valence-corrected chi connectivity index (χ4v) is 1.34. The Morgan fingerprint density at radius 3 is 2.73 bits per heavy atom. The first-order valence-electron chi connectivity index (χ1n) is 5.22. The van der Waals surface area contributed by atoms with Crippen molar-refractivity contribution in [2.45, 2.75) is 20.3 Å². The van der Waals surface area contributed by atoms with Crippen molar-refractivity contribution >= 4 is 17.9 Å². The molecule has 0 aromatic carbocycles. The molecule has 90 valence electrons. The molecule has 0 spiro atoms. The molecule has 0 heterocycles. The fourth-order valence-electron chi connectivity index (χ4n) is 0.823. The molecule has 4 nitrogen and oxygen atoms in total. The second kappa shape index (κ2) is 10.3. The standard InChI is InChI=1S/C10H21NO3S/c1-4-14-15-9-5-7-13-8-6-11(3)10(2)12/h4-9H2,1-3H3. The molecular weight excluding hydrogens is 214 g/mol. The first kappa shape index (κ1) is 14.7. The average molecular weight is 235 g/mol. The molecule has 15 heavy (non-hydrogen) atoms. The maximum Gasteiger partial charge on any atom is 0.219 e. The number of nitrogens with zero attached hydrogens (tertiary/aromatic N) is 1. The minimum atomic E-state index is 0.0745. The zero-order valence-corrected chi connectivity index (χ0v) is 10.6. The van der Waals surface area contributed by atoms with E-state index >= 15 is 0 Å². The SMILES string of the molecule is CCOSCCCOCCN(C)C(C)=O. The van der Waals surface area contributed by atoms with Crippen LogP contribution in [0.15, 0.2) is 0 Å². The Labute approximate surface area is 96.5 Å². The number of rotatable bonds is 9. The zero-order chi connectivity index (χ0) is 11.5. The van der Waals surface area contributed by atoms with Crippen LogP contribution in [0.25, 0.3) is 0 Å². The summed E-state index contributed by atoms with van der Waals surface area (Å²) in [4.78, 5) is 12.5. The minimum absolute atomic E-state index is 0.0745. The van der Waals surface area contributed by atoms with Crippen LogP contribution >= 0.6 is 12.0 Å². The van der Waals surface area contributed by atoms with Crippen molar-refractivity contribution in [1.82, 2.24) is 4.90 Å². The van der Waals surface area contributed by atoms with Gasteiger partial charge in [0.15, 0.2) is 0 Å². The van der Waals surface area contributed by atoms with E-state index in [1.54, 1.807) is 18.9 Å². The van der Waals surface area contributed by atoms with Crippen molar-refractivity contribution in [2.24, 2.45) is 0 Å². The molecule has 0 atom stereocenters. The summed E-state index contributed by atoms with van der Waals surface area (Å²) in [5.41, 5.74) is 0. The summed E-state index contributed by atoms with van der Waals surface area (Å²) in [5.74, 6) is 1.03. The minimum Gasteiger partial charge on any atom is -0.380 e. The molecule has 0 radical (unpaired) electrons. The monoisotopic (exact) mass is 235 g/mol. The van der Waals surface area contributed by atoms with Crippen LogP contribution in [0.5, 0.6) is 0 Å². The van der Waals surface area contributed by atoms with Crippen molar-refractivity contribution < 1.29 is 13.7 Å². The fraction of sp³-hybridized carbons (Fsp3) is 0.900. The lowest BCUT2D eigenvalue weighted by Gasteiger charge is -2.14. The summed E-state index contributed by atoms with van der Waals surface area (Å²) < 4.78 is 10.5. The van der Waals surface area contributed by atoms with E-state index in [0.717, 1.165) is 25.4 Å². The van der Waals surface area contributed by atoms with Gasteiger partial charge in [-0.1, -0.05) is 0 Å². The summed E-state index contributed by atoms with van der Waals surface area (Å²) in [5, 5.41) is 0. The van der Waals surface area contributed by atoms with Gasteiger partial charge in [-0.05, 0) is 25.4 Å². The quantitative estimate of drug-likeness (QED) is 0.449. The molecule has 5 heteroatoms. The van der Waals surface area contributed by atoms with Gasteiger partial charge in [0.25, 0.3) is 0 Å². The lowest BCUT2D eigenvalue weighted by atomic mass is 10.5. The Morgan fingerprint density at radius 1 is 1.40 bits per heavy atom. The topological polar surface area (TPSA) is 38.8 Å². The number of likely N-dealkylation sites (N-methyl/N-ethyl adjacent to an activating group) is 1. The highest BCUT2D eigenvalue weighted by Crippen LogP contribution is 2.03. The highest BCUT2D eigenvalue weighted by atomic mass is 32.2. The number of hydrogen-bond acceptors (Lipinski definition) is 4.